The topological polar surface area (TPSA) is 52.6 Å². The second kappa shape index (κ2) is 12.6. The molecule has 1 rings (SSSR count). The first-order valence-electron chi connectivity index (χ1n) is 8.98. The molecule has 0 radical (unpaired) electrons. The molecule has 0 fully saturated rings. The van der Waals surface area contributed by atoms with Crippen LogP contribution in [-0.2, 0) is 25.7 Å². The monoisotopic (exact) mass is 334 g/mol. The van der Waals surface area contributed by atoms with Crippen LogP contribution in [0.5, 0.6) is 0 Å². The SMILES string of the molecule is CCCCCCCOC(=O)CCCC(=O)OCc1cccc(C)c1. The number of ether oxygens (including phenoxy) is 2. The van der Waals surface area contributed by atoms with Crippen LogP contribution >= 0.6 is 0 Å². The van der Waals surface area contributed by atoms with Crippen molar-refractivity contribution in [1.29, 1.82) is 0 Å². The summed E-state index contributed by atoms with van der Waals surface area (Å²) in [5, 5.41) is 0. The summed E-state index contributed by atoms with van der Waals surface area (Å²) in [6.45, 7) is 4.94. The molecule has 0 saturated heterocycles. The first-order valence-corrected chi connectivity index (χ1v) is 8.98. The Morgan fingerprint density at radius 1 is 0.917 bits per heavy atom. The molecule has 0 N–H and O–H groups in total. The average molecular weight is 334 g/mol. The second-order valence-electron chi connectivity index (χ2n) is 6.14. The summed E-state index contributed by atoms with van der Waals surface area (Å²) >= 11 is 0. The maximum atomic E-state index is 11.7. The molecule has 0 atom stereocenters. The third-order valence-corrected chi connectivity index (χ3v) is 3.76. The molecule has 0 amide bonds. The van der Waals surface area contributed by atoms with Gasteiger partial charge in [0.15, 0.2) is 0 Å². The molecular formula is C20H30O4. The zero-order valence-electron chi connectivity index (χ0n) is 15.0. The first kappa shape index (κ1) is 20.2. The van der Waals surface area contributed by atoms with E-state index in [2.05, 4.69) is 6.92 Å². The van der Waals surface area contributed by atoms with E-state index >= 15 is 0 Å². The molecular weight excluding hydrogens is 304 g/mol. The van der Waals surface area contributed by atoms with Gasteiger partial charge in [0.25, 0.3) is 0 Å². The van der Waals surface area contributed by atoms with Crippen LogP contribution in [0.15, 0.2) is 24.3 Å². The zero-order valence-corrected chi connectivity index (χ0v) is 15.0. The van der Waals surface area contributed by atoms with Crippen molar-refractivity contribution in [2.45, 2.75) is 71.8 Å². The maximum Gasteiger partial charge on any atom is 0.306 e. The molecule has 0 aliphatic rings. The molecule has 0 unspecified atom stereocenters. The fourth-order valence-electron chi connectivity index (χ4n) is 2.38. The van der Waals surface area contributed by atoms with Crippen molar-refractivity contribution in [1.82, 2.24) is 0 Å². The molecule has 24 heavy (non-hydrogen) atoms. The first-order chi connectivity index (χ1) is 11.6. The van der Waals surface area contributed by atoms with E-state index in [1.165, 1.54) is 19.3 Å². The molecule has 4 nitrogen and oxygen atoms in total. The fourth-order valence-corrected chi connectivity index (χ4v) is 2.38. The van der Waals surface area contributed by atoms with Gasteiger partial charge in [-0.1, -0.05) is 62.4 Å². The second-order valence-corrected chi connectivity index (χ2v) is 6.14. The van der Waals surface area contributed by atoms with Crippen LogP contribution in [0, 0.1) is 6.92 Å². The van der Waals surface area contributed by atoms with Gasteiger partial charge in [0.1, 0.15) is 6.61 Å². The number of unbranched alkanes of at least 4 members (excludes halogenated alkanes) is 4. The van der Waals surface area contributed by atoms with E-state index in [9.17, 15) is 9.59 Å². The fraction of sp³-hybridized carbons (Fsp3) is 0.600. The Labute approximate surface area is 145 Å². The largest absolute Gasteiger partial charge is 0.466 e. The quantitative estimate of drug-likeness (QED) is 0.410. The van der Waals surface area contributed by atoms with E-state index in [-0.39, 0.29) is 31.4 Å². The van der Waals surface area contributed by atoms with Crippen LogP contribution in [0.1, 0.15) is 69.4 Å². The van der Waals surface area contributed by atoms with Gasteiger partial charge in [-0.25, -0.2) is 0 Å². The minimum atomic E-state index is -0.274. The highest BCUT2D eigenvalue weighted by atomic mass is 16.5. The highest BCUT2D eigenvalue weighted by molar-refractivity contribution is 5.72. The molecule has 134 valence electrons. The summed E-state index contributed by atoms with van der Waals surface area (Å²) in [4.78, 5) is 23.2. The predicted octanol–water partition coefficient (Wildman–Crippen LogP) is 4.72. The van der Waals surface area contributed by atoms with Gasteiger partial charge in [0, 0.05) is 12.8 Å². The van der Waals surface area contributed by atoms with E-state index in [0.717, 1.165) is 24.0 Å². The zero-order chi connectivity index (χ0) is 17.6. The summed E-state index contributed by atoms with van der Waals surface area (Å²) in [6, 6.07) is 7.86. The third-order valence-electron chi connectivity index (χ3n) is 3.76. The van der Waals surface area contributed by atoms with Crippen LogP contribution in [0.25, 0.3) is 0 Å². The van der Waals surface area contributed by atoms with E-state index in [1.807, 2.05) is 31.2 Å². The third kappa shape index (κ3) is 10.0. The molecule has 4 heteroatoms. The van der Waals surface area contributed by atoms with Gasteiger partial charge in [0.2, 0.25) is 0 Å². The van der Waals surface area contributed by atoms with Crippen LogP contribution in [0.2, 0.25) is 0 Å². The molecule has 0 aromatic heterocycles. The highest BCUT2D eigenvalue weighted by Crippen LogP contribution is 2.08. The summed E-state index contributed by atoms with van der Waals surface area (Å²) in [5.74, 6) is -0.499. The van der Waals surface area contributed by atoms with Gasteiger partial charge in [-0.05, 0) is 25.3 Å². The molecule has 0 bridgehead atoms. The summed E-state index contributed by atoms with van der Waals surface area (Å²) in [7, 11) is 0. The van der Waals surface area contributed by atoms with E-state index < -0.39 is 0 Å². The molecule has 0 heterocycles. The molecule has 0 aliphatic carbocycles. The Hall–Kier alpha value is -1.84. The lowest BCUT2D eigenvalue weighted by Gasteiger charge is -2.06. The van der Waals surface area contributed by atoms with Gasteiger partial charge >= 0.3 is 11.9 Å². The Balaban J connectivity index is 2.03. The van der Waals surface area contributed by atoms with Crippen molar-refractivity contribution < 1.29 is 19.1 Å². The normalized spacial score (nSPS) is 10.4. The molecule has 1 aromatic rings. The average Bonchev–Trinajstić information content (AvgIpc) is 2.56. The van der Waals surface area contributed by atoms with Gasteiger partial charge in [0.05, 0.1) is 6.61 Å². The molecule has 0 aliphatic heterocycles. The summed E-state index contributed by atoms with van der Waals surface area (Å²) in [6.07, 6.45) is 6.66. The number of carbonyl (C=O) groups is 2. The Bertz CT molecular complexity index is 496. The lowest BCUT2D eigenvalue weighted by molar-refractivity contribution is -0.146. The lowest BCUT2D eigenvalue weighted by Crippen LogP contribution is -2.09. The Morgan fingerprint density at radius 2 is 1.62 bits per heavy atom. The van der Waals surface area contributed by atoms with Crippen molar-refractivity contribution in [2.75, 3.05) is 6.61 Å². The Morgan fingerprint density at radius 3 is 2.33 bits per heavy atom. The summed E-state index contributed by atoms with van der Waals surface area (Å²) < 4.78 is 10.4. The highest BCUT2D eigenvalue weighted by Gasteiger charge is 2.07. The smallest absolute Gasteiger partial charge is 0.306 e. The van der Waals surface area contributed by atoms with Crippen molar-refractivity contribution >= 4 is 11.9 Å². The van der Waals surface area contributed by atoms with Crippen molar-refractivity contribution in [2.24, 2.45) is 0 Å². The van der Waals surface area contributed by atoms with E-state index in [4.69, 9.17) is 9.47 Å². The van der Waals surface area contributed by atoms with Crippen LogP contribution in [0.3, 0.4) is 0 Å². The maximum absolute atomic E-state index is 11.7. The number of rotatable bonds is 12. The number of benzene rings is 1. The number of aryl methyl sites for hydroxylation is 1. The molecule has 0 saturated carbocycles. The van der Waals surface area contributed by atoms with Gasteiger partial charge < -0.3 is 9.47 Å². The van der Waals surface area contributed by atoms with Crippen LogP contribution < -0.4 is 0 Å². The number of esters is 2. The molecule has 1 aromatic carbocycles. The number of carbonyl (C=O) groups excluding carboxylic acids is 2. The lowest BCUT2D eigenvalue weighted by atomic mass is 10.1. The van der Waals surface area contributed by atoms with E-state index in [1.54, 1.807) is 0 Å². The van der Waals surface area contributed by atoms with Crippen molar-refractivity contribution in [3.05, 3.63) is 35.4 Å². The minimum absolute atomic E-state index is 0.225. The number of hydrogen-bond donors (Lipinski definition) is 0. The van der Waals surface area contributed by atoms with Crippen molar-refractivity contribution in [3.63, 3.8) is 0 Å². The number of hydrogen-bond acceptors (Lipinski definition) is 4. The van der Waals surface area contributed by atoms with Crippen LogP contribution in [-0.4, -0.2) is 18.5 Å². The van der Waals surface area contributed by atoms with Gasteiger partial charge in [-0.2, -0.15) is 0 Å². The minimum Gasteiger partial charge on any atom is -0.466 e. The van der Waals surface area contributed by atoms with Crippen LogP contribution in [0.4, 0.5) is 0 Å². The Kier molecular flexibility index (Phi) is 10.6. The molecule has 0 spiro atoms. The van der Waals surface area contributed by atoms with Crippen molar-refractivity contribution in [3.8, 4) is 0 Å². The predicted molar refractivity (Wildman–Crippen MR) is 94.5 cm³/mol. The summed E-state index contributed by atoms with van der Waals surface area (Å²) in [5.41, 5.74) is 2.12. The van der Waals surface area contributed by atoms with Gasteiger partial charge in [-0.3, -0.25) is 9.59 Å². The standard InChI is InChI=1S/C20H30O4/c1-3-4-5-6-7-14-23-19(21)12-9-13-20(22)24-16-18-11-8-10-17(2)15-18/h8,10-11,15H,3-7,9,12-14,16H2,1-2H3. The van der Waals surface area contributed by atoms with Gasteiger partial charge in [-0.15, -0.1) is 0 Å². The van der Waals surface area contributed by atoms with E-state index in [0.29, 0.717) is 13.0 Å².